The van der Waals surface area contributed by atoms with E-state index in [1.807, 2.05) is 0 Å². The van der Waals surface area contributed by atoms with Crippen LogP contribution in [0.25, 0.3) is 0 Å². The standard InChI is InChI=1S/C23H42Br2O4/c1-3-5-7-9-11-13-15-21(26)28-19-23(17-24,18-25)20-29-22(27)16-14-12-10-8-6-4-2/h3-20H2,1-2H3. The summed E-state index contributed by atoms with van der Waals surface area (Å²) >= 11 is 6.99. The van der Waals surface area contributed by atoms with E-state index < -0.39 is 5.41 Å². The predicted octanol–water partition coefficient (Wildman–Crippen LogP) is 7.35. The summed E-state index contributed by atoms with van der Waals surface area (Å²) in [5, 5.41) is 1.19. The van der Waals surface area contributed by atoms with Crippen molar-refractivity contribution in [2.75, 3.05) is 23.9 Å². The molecule has 0 saturated heterocycles. The number of esters is 2. The molecular formula is C23H42Br2O4. The number of hydrogen-bond acceptors (Lipinski definition) is 4. The number of unbranched alkanes of at least 4 members (excludes halogenated alkanes) is 10. The van der Waals surface area contributed by atoms with E-state index in [1.54, 1.807) is 0 Å². The van der Waals surface area contributed by atoms with Gasteiger partial charge in [0.25, 0.3) is 0 Å². The van der Waals surface area contributed by atoms with Gasteiger partial charge in [-0.15, -0.1) is 0 Å². The fourth-order valence-electron chi connectivity index (χ4n) is 2.94. The molecule has 0 rings (SSSR count). The highest BCUT2D eigenvalue weighted by atomic mass is 79.9. The van der Waals surface area contributed by atoms with Crippen molar-refractivity contribution in [3.63, 3.8) is 0 Å². The number of rotatable bonds is 20. The third kappa shape index (κ3) is 16.3. The maximum atomic E-state index is 12.0. The van der Waals surface area contributed by atoms with Crippen LogP contribution in [0.3, 0.4) is 0 Å². The molecule has 0 unspecified atom stereocenters. The smallest absolute Gasteiger partial charge is 0.305 e. The summed E-state index contributed by atoms with van der Waals surface area (Å²) in [5.74, 6) is -0.324. The van der Waals surface area contributed by atoms with Gasteiger partial charge in [0.15, 0.2) is 0 Å². The Labute approximate surface area is 195 Å². The van der Waals surface area contributed by atoms with E-state index in [9.17, 15) is 9.59 Å². The summed E-state index contributed by atoms with van der Waals surface area (Å²) in [4.78, 5) is 24.1. The highest BCUT2D eigenvalue weighted by Gasteiger charge is 2.32. The molecule has 0 aromatic carbocycles. The predicted molar refractivity (Wildman–Crippen MR) is 128 cm³/mol. The molecular weight excluding hydrogens is 500 g/mol. The van der Waals surface area contributed by atoms with E-state index in [0.29, 0.717) is 23.5 Å². The average Bonchev–Trinajstić information content (AvgIpc) is 2.73. The second-order valence-electron chi connectivity index (χ2n) is 8.12. The van der Waals surface area contributed by atoms with Crippen molar-refractivity contribution >= 4 is 43.8 Å². The van der Waals surface area contributed by atoms with Crippen molar-refractivity contribution in [3.05, 3.63) is 0 Å². The second kappa shape index (κ2) is 19.8. The second-order valence-corrected chi connectivity index (χ2v) is 9.25. The number of halogens is 2. The van der Waals surface area contributed by atoms with Gasteiger partial charge in [0, 0.05) is 23.5 Å². The third-order valence-electron chi connectivity index (χ3n) is 5.11. The number of alkyl halides is 2. The first-order valence-electron chi connectivity index (χ1n) is 11.5. The van der Waals surface area contributed by atoms with Crippen LogP contribution >= 0.6 is 31.9 Å². The Hall–Kier alpha value is -0.100. The van der Waals surface area contributed by atoms with Crippen LogP contribution in [0.4, 0.5) is 0 Å². The minimum Gasteiger partial charge on any atom is -0.465 e. The fraction of sp³-hybridized carbons (Fsp3) is 0.913. The summed E-state index contributed by atoms with van der Waals surface area (Å²) in [5.41, 5.74) is -0.423. The zero-order valence-corrected chi connectivity index (χ0v) is 21.8. The number of carbonyl (C=O) groups is 2. The Morgan fingerprint density at radius 3 is 1.31 bits per heavy atom. The van der Waals surface area contributed by atoms with E-state index in [0.717, 1.165) is 25.7 Å². The van der Waals surface area contributed by atoms with Gasteiger partial charge in [-0.3, -0.25) is 9.59 Å². The van der Waals surface area contributed by atoms with Gasteiger partial charge in [-0.05, 0) is 12.8 Å². The number of carbonyl (C=O) groups excluding carboxylic acids is 2. The van der Waals surface area contributed by atoms with Crippen LogP contribution in [0.5, 0.6) is 0 Å². The normalized spacial score (nSPS) is 11.4. The topological polar surface area (TPSA) is 52.6 Å². The van der Waals surface area contributed by atoms with E-state index in [4.69, 9.17) is 9.47 Å². The minimum absolute atomic E-state index is 0.162. The highest BCUT2D eigenvalue weighted by molar-refractivity contribution is 9.09. The van der Waals surface area contributed by atoms with Crippen LogP contribution in [-0.4, -0.2) is 35.8 Å². The molecule has 0 heterocycles. The van der Waals surface area contributed by atoms with Gasteiger partial charge >= 0.3 is 11.9 Å². The third-order valence-corrected chi connectivity index (χ3v) is 7.49. The number of ether oxygens (including phenoxy) is 2. The fourth-order valence-corrected chi connectivity index (χ4v) is 4.52. The van der Waals surface area contributed by atoms with Crippen LogP contribution in [0, 0.1) is 5.41 Å². The Bertz CT molecular complexity index is 378. The molecule has 0 atom stereocenters. The van der Waals surface area contributed by atoms with Gasteiger partial charge in [-0.2, -0.15) is 0 Å². The maximum Gasteiger partial charge on any atom is 0.305 e. The molecule has 0 amide bonds. The molecule has 0 aliphatic carbocycles. The van der Waals surface area contributed by atoms with E-state index in [-0.39, 0.29) is 25.2 Å². The Morgan fingerprint density at radius 2 is 0.966 bits per heavy atom. The summed E-state index contributed by atoms with van der Waals surface area (Å²) in [6, 6.07) is 0. The minimum atomic E-state index is -0.423. The zero-order valence-electron chi connectivity index (χ0n) is 18.6. The molecule has 0 spiro atoms. The lowest BCUT2D eigenvalue weighted by Crippen LogP contribution is -2.37. The van der Waals surface area contributed by atoms with Crippen LogP contribution < -0.4 is 0 Å². The average molecular weight is 542 g/mol. The molecule has 4 nitrogen and oxygen atoms in total. The first-order chi connectivity index (χ1) is 14.0. The van der Waals surface area contributed by atoms with Crippen LogP contribution in [0.1, 0.15) is 104 Å². The van der Waals surface area contributed by atoms with Crippen molar-refractivity contribution in [3.8, 4) is 0 Å². The van der Waals surface area contributed by atoms with Gasteiger partial charge in [0.1, 0.15) is 13.2 Å². The molecule has 0 aliphatic heterocycles. The Morgan fingerprint density at radius 1 is 0.621 bits per heavy atom. The number of hydrogen-bond donors (Lipinski definition) is 0. The van der Waals surface area contributed by atoms with Crippen molar-refractivity contribution < 1.29 is 19.1 Å². The molecule has 0 bridgehead atoms. The van der Waals surface area contributed by atoms with E-state index in [1.165, 1.54) is 51.4 Å². The van der Waals surface area contributed by atoms with Crippen molar-refractivity contribution in [2.24, 2.45) is 5.41 Å². The van der Waals surface area contributed by atoms with E-state index >= 15 is 0 Å². The van der Waals surface area contributed by atoms with Gasteiger partial charge in [0.05, 0.1) is 5.41 Å². The summed E-state index contributed by atoms with van der Waals surface area (Å²) in [6.07, 6.45) is 14.7. The van der Waals surface area contributed by atoms with Gasteiger partial charge < -0.3 is 9.47 Å². The SMILES string of the molecule is CCCCCCCCC(=O)OCC(CBr)(CBr)COC(=O)CCCCCCCC. The molecule has 0 saturated carbocycles. The van der Waals surface area contributed by atoms with Crippen LogP contribution in [0.2, 0.25) is 0 Å². The van der Waals surface area contributed by atoms with Crippen molar-refractivity contribution in [2.45, 2.75) is 104 Å². The van der Waals surface area contributed by atoms with Gasteiger partial charge in [-0.25, -0.2) is 0 Å². The molecule has 29 heavy (non-hydrogen) atoms. The molecule has 0 N–H and O–H groups in total. The molecule has 0 radical (unpaired) electrons. The summed E-state index contributed by atoms with van der Waals surface area (Å²) in [6.45, 7) is 4.90. The van der Waals surface area contributed by atoms with Crippen LogP contribution in [-0.2, 0) is 19.1 Å². The first kappa shape index (κ1) is 28.9. The quantitative estimate of drug-likeness (QED) is 0.0917. The molecule has 6 heteroatoms. The zero-order chi connectivity index (χ0) is 21.8. The molecule has 0 aromatic heterocycles. The first-order valence-corrected chi connectivity index (χ1v) is 13.7. The lowest BCUT2D eigenvalue weighted by Gasteiger charge is -2.28. The van der Waals surface area contributed by atoms with Crippen LogP contribution in [0.15, 0.2) is 0 Å². The lowest BCUT2D eigenvalue weighted by molar-refractivity contribution is -0.152. The monoisotopic (exact) mass is 540 g/mol. The van der Waals surface area contributed by atoms with E-state index in [2.05, 4.69) is 45.7 Å². The molecule has 0 aliphatic rings. The molecule has 0 aromatic rings. The van der Waals surface area contributed by atoms with Gasteiger partial charge in [-0.1, -0.05) is 110 Å². The van der Waals surface area contributed by atoms with Gasteiger partial charge in [0.2, 0.25) is 0 Å². The highest BCUT2D eigenvalue weighted by Crippen LogP contribution is 2.25. The Kier molecular flexibility index (Phi) is 19.8. The lowest BCUT2D eigenvalue weighted by atomic mass is 9.96. The Balaban J connectivity index is 4.06. The largest absolute Gasteiger partial charge is 0.465 e. The maximum absolute atomic E-state index is 12.0. The molecule has 172 valence electrons. The summed E-state index contributed by atoms with van der Waals surface area (Å²) < 4.78 is 11.0. The van der Waals surface area contributed by atoms with Crippen molar-refractivity contribution in [1.29, 1.82) is 0 Å². The molecule has 0 fully saturated rings. The summed E-state index contributed by atoms with van der Waals surface area (Å²) in [7, 11) is 0. The van der Waals surface area contributed by atoms with Crippen molar-refractivity contribution in [1.82, 2.24) is 0 Å².